The summed E-state index contributed by atoms with van der Waals surface area (Å²) in [6, 6.07) is 0. The van der Waals surface area contributed by atoms with Crippen molar-refractivity contribution in [1.82, 2.24) is 4.90 Å². The number of nitrogens with zero attached hydrogens (tertiary/aromatic N) is 1. The first kappa shape index (κ1) is 14.0. The van der Waals surface area contributed by atoms with Gasteiger partial charge in [-0.2, -0.15) is 0 Å². The Bertz CT molecular complexity index is 219. The minimum absolute atomic E-state index is 0.211. The molecule has 2 N–H and O–H groups in total. The number of hydrogen-bond acceptors (Lipinski definition) is 3. The molecule has 1 aliphatic rings. The number of amides is 1. The summed E-state index contributed by atoms with van der Waals surface area (Å²) in [5.74, 6) is 0. The lowest BCUT2D eigenvalue weighted by atomic mass is 10.2. The number of rotatable bonds is 0. The largest absolute Gasteiger partial charge is 0.444 e. The molecule has 0 spiro atoms. The second-order valence-electron chi connectivity index (χ2n) is 4.19. The lowest BCUT2D eigenvalue weighted by Crippen LogP contribution is -2.38. The minimum Gasteiger partial charge on any atom is -0.444 e. The van der Waals surface area contributed by atoms with E-state index in [9.17, 15) is 4.79 Å². The lowest BCUT2D eigenvalue weighted by Gasteiger charge is -2.27. The third-order valence-electron chi connectivity index (χ3n) is 1.71. The molecule has 4 nitrogen and oxygen atoms in total. The van der Waals surface area contributed by atoms with Gasteiger partial charge in [-0.05, 0) is 34.2 Å². The van der Waals surface area contributed by atoms with Crippen LogP contribution in [0.25, 0.3) is 0 Å². The van der Waals surface area contributed by atoms with Crippen molar-refractivity contribution >= 4 is 6.09 Å². The Kier molecular flexibility index (Phi) is 6.01. The predicted octanol–water partition coefficient (Wildman–Crippen LogP) is 1.76. The molecular weight excluding hydrogens is 192 g/mol. The summed E-state index contributed by atoms with van der Waals surface area (Å²) in [4.78, 5) is 13.2. The van der Waals surface area contributed by atoms with E-state index in [0.29, 0.717) is 6.54 Å². The SMILES string of the molecule is CC(C)(C)OC(=O)N1CC=CCC1.CN. The van der Waals surface area contributed by atoms with Gasteiger partial charge in [-0.25, -0.2) is 4.79 Å². The highest BCUT2D eigenvalue weighted by atomic mass is 16.6. The fourth-order valence-electron chi connectivity index (χ4n) is 1.13. The average Bonchev–Trinajstić information content (AvgIpc) is 2.20. The van der Waals surface area contributed by atoms with Crippen LogP contribution in [0.4, 0.5) is 4.79 Å². The molecule has 0 fully saturated rings. The summed E-state index contributed by atoms with van der Waals surface area (Å²) in [5, 5.41) is 0. The number of carbonyl (C=O) groups is 1. The molecule has 0 saturated carbocycles. The van der Waals surface area contributed by atoms with Gasteiger partial charge in [0, 0.05) is 13.1 Å². The zero-order valence-corrected chi connectivity index (χ0v) is 10.1. The van der Waals surface area contributed by atoms with Crippen LogP contribution in [0.2, 0.25) is 0 Å². The molecular formula is C11H22N2O2. The van der Waals surface area contributed by atoms with Crippen LogP contribution >= 0.6 is 0 Å². The molecule has 15 heavy (non-hydrogen) atoms. The van der Waals surface area contributed by atoms with Crippen molar-refractivity contribution in [3.8, 4) is 0 Å². The second-order valence-corrected chi connectivity index (χ2v) is 4.19. The summed E-state index contributed by atoms with van der Waals surface area (Å²) in [7, 11) is 1.50. The van der Waals surface area contributed by atoms with E-state index in [1.165, 1.54) is 7.05 Å². The maximum absolute atomic E-state index is 11.5. The molecule has 0 aromatic heterocycles. The molecule has 0 unspecified atom stereocenters. The highest BCUT2D eigenvalue weighted by Gasteiger charge is 2.21. The number of nitrogens with two attached hydrogens (primary N) is 1. The first-order chi connectivity index (χ1) is 6.99. The summed E-state index contributed by atoms with van der Waals surface area (Å²) < 4.78 is 5.23. The standard InChI is InChI=1S/C10H17NO2.CH5N/c1-10(2,3)13-9(12)11-7-5-4-6-8-11;1-2/h4-5H,6-8H2,1-3H3;2H2,1H3. The zero-order valence-electron chi connectivity index (χ0n) is 10.1. The number of hydrogen-bond donors (Lipinski definition) is 1. The maximum atomic E-state index is 11.5. The molecule has 0 aliphatic carbocycles. The van der Waals surface area contributed by atoms with Gasteiger partial charge in [0.15, 0.2) is 0 Å². The van der Waals surface area contributed by atoms with E-state index in [1.54, 1.807) is 4.90 Å². The van der Waals surface area contributed by atoms with E-state index >= 15 is 0 Å². The molecule has 88 valence electrons. The van der Waals surface area contributed by atoms with E-state index in [2.05, 4.69) is 11.8 Å². The Morgan fingerprint density at radius 3 is 2.33 bits per heavy atom. The van der Waals surface area contributed by atoms with Crippen LogP contribution in [0.1, 0.15) is 27.2 Å². The third-order valence-corrected chi connectivity index (χ3v) is 1.71. The van der Waals surface area contributed by atoms with Crippen LogP contribution in [0.15, 0.2) is 12.2 Å². The first-order valence-corrected chi connectivity index (χ1v) is 5.20. The Morgan fingerprint density at radius 1 is 1.33 bits per heavy atom. The summed E-state index contributed by atoms with van der Waals surface area (Å²) in [5.41, 5.74) is 4.11. The van der Waals surface area contributed by atoms with Crippen LogP contribution in [0, 0.1) is 0 Å². The monoisotopic (exact) mass is 214 g/mol. The summed E-state index contributed by atoms with van der Waals surface area (Å²) >= 11 is 0. The molecule has 0 saturated heterocycles. The van der Waals surface area contributed by atoms with Gasteiger partial charge in [-0.1, -0.05) is 12.2 Å². The molecule has 4 heteroatoms. The van der Waals surface area contributed by atoms with Crippen molar-refractivity contribution in [2.24, 2.45) is 5.73 Å². The fraction of sp³-hybridized carbons (Fsp3) is 0.727. The van der Waals surface area contributed by atoms with E-state index in [0.717, 1.165) is 13.0 Å². The molecule has 1 amide bonds. The quantitative estimate of drug-likeness (QED) is 0.625. The van der Waals surface area contributed by atoms with Crippen LogP contribution in [0.5, 0.6) is 0 Å². The number of carbonyl (C=O) groups excluding carboxylic acids is 1. The Labute approximate surface area is 92.1 Å². The van der Waals surface area contributed by atoms with Crippen molar-refractivity contribution in [3.63, 3.8) is 0 Å². The van der Waals surface area contributed by atoms with Gasteiger partial charge in [0.05, 0.1) is 0 Å². The van der Waals surface area contributed by atoms with Crippen LogP contribution in [-0.2, 0) is 4.74 Å². The van der Waals surface area contributed by atoms with Crippen molar-refractivity contribution in [3.05, 3.63) is 12.2 Å². The first-order valence-electron chi connectivity index (χ1n) is 5.20. The smallest absolute Gasteiger partial charge is 0.410 e. The Balaban J connectivity index is 0.000000921. The third kappa shape index (κ3) is 6.12. The van der Waals surface area contributed by atoms with Gasteiger partial charge >= 0.3 is 6.09 Å². The van der Waals surface area contributed by atoms with Gasteiger partial charge in [-0.3, -0.25) is 0 Å². The average molecular weight is 214 g/mol. The zero-order chi connectivity index (χ0) is 11.9. The second kappa shape index (κ2) is 6.45. The Morgan fingerprint density at radius 2 is 1.93 bits per heavy atom. The molecule has 0 atom stereocenters. The van der Waals surface area contributed by atoms with Gasteiger partial charge in [0.2, 0.25) is 0 Å². The molecule has 0 bridgehead atoms. The van der Waals surface area contributed by atoms with Gasteiger partial charge < -0.3 is 15.4 Å². The predicted molar refractivity (Wildman–Crippen MR) is 61.7 cm³/mol. The van der Waals surface area contributed by atoms with Crippen molar-refractivity contribution in [2.75, 3.05) is 20.1 Å². The van der Waals surface area contributed by atoms with E-state index in [4.69, 9.17) is 4.74 Å². The van der Waals surface area contributed by atoms with Crippen molar-refractivity contribution in [1.29, 1.82) is 0 Å². The highest BCUT2D eigenvalue weighted by Crippen LogP contribution is 2.11. The van der Waals surface area contributed by atoms with Crippen LogP contribution in [-0.4, -0.2) is 36.7 Å². The lowest BCUT2D eigenvalue weighted by molar-refractivity contribution is 0.0268. The van der Waals surface area contributed by atoms with Crippen molar-refractivity contribution < 1.29 is 9.53 Å². The van der Waals surface area contributed by atoms with Gasteiger partial charge in [-0.15, -0.1) is 0 Å². The Hall–Kier alpha value is -1.03. The molecule has 1 rings (SSSR count). The van der Waals surface area contributed by atoms with Crippen molar-refractivity contribution in [2.45, 2.75) is 32.8 Å². The summed E-state index contributed by atoms with van der Waals surface area (Å²) in [6.07, 6.45) is 4.80. The van der Waals surface area contributed by atoms with Crippen LogP contribution < -0.4 is 5.73 Å². The minimum atomic E-state index is -0.391. The molecule has 0 aromatic carbocycles. The van der Waals surface area contributed by atoms with Gasteiger partial charge in [0.25, 0.3) is 0 Å². The topological polar surface area (TPSA) is 55.6 Å². The molecule has 1 heterocycles. The van der Waals surface area contributed by atoms with E-state index < -0.39 is 5.60 Å². The van der Waals surface area contributed by atoms with E-state index in [-0.39, 0.29) is 6.09 Å². The fourth-order valence-corrected chi connectivity index (χ4v) is 1.13. The summed E-state index contributed by atoms with van der Waals surface area (Å²) in [6.45, 7) is 7.08. The number of ether oxygens (including phenoxy) is 1. The van der Waals surface area contributed by atoms with Gasteiger partial charge in [0.1, 0.15) is 5.60 Å². The molecule has 0 radical (unpaired) electrons. The molecule has 0 aromatic rings. The molecule has 1 aliphatic heterocycles. The van der Waals surface area contributed by atoms with E-state index in [1.807, 2.05) is 26.8 Å². The van der Waals surface area contributed by atoms with Crippen LogP contribution in [0.3, 0.4) is 0 Å². The normalized spacial score (nSPS) is 15.4. The highest BCUT2D eigenvalue weighted by molar-refractivity contribution is 5.68. The maximum Gasteiger partial charge on any atom is 0.410 e.